The van der Waals surface area contributed by atoms with Gasteiger partial charge in [0, 0.05) is 32.0 Å². The number of hydrogen-bond donors (Lipinski definition) is 0. The number of benzene rings is 6. The van der Waals surface area contributed by atoms with E-state index in [1.54, 1.807) is 24.3 Å². The standard InChI is InChI=1S/C48H44Cl2F4O5/c1-47(2,39-23-21-33(49)29-41(39)57-45(51)52)43(27-31-13-11-19-37(25-31)55-35-15-7-5-8-16-35)59-44(48(3,4)40-24-22-34(50)30-42(40)58-46(53)54)28-32-14-12-20-38(26-32)56-36-17-9-6-10-18-36/h5-26,29-30,43-46H,27-28H2,1-4H3. The zero-order valence-electron chi connectivity index (χ0n) is 32.9. The molecule has 0 aliphatic rings. The molecule has 0 N–H and O–H groups in total. The minimum atomic E-state index is -3.12. The lowest BCUT2D eigenvalue weighted by Gasteiger charge is -2.43. The Balaban J connectivity index is 1.47. The van der Waals surface area contributed by atoms with Gasteiger partial charge in [-0.05, 0) is 96.8 Å². The van der Waals surface area contributed by atoms with Gasteiger partial charge in [0.2, 0.25) is 0 Å². The smallest absolute Gasteiger partial charge is 0.387 e. The molecule has 6 aromatic carbocycles. The molecule has 0 aliphatic carbocycles. The van der Waals surface area contributed by atoms with Gasteiger partial charge in [0.1, 0.15) is 34.5 Å². The first kappa shape index (κ1) is 43.4. The zero-order valence-corrected chi connectivity index (χ0v) is 34.4. The molecule has 0 aromatic heterocycles. The summed E-state index contributed by atoms with van der Waals surface area (Å²) in [5.74, 6) is 2.27. The highest BCUT2D eigenvalue weighted by molar-refractivity contribution is 6.31. The van der Waals surface area contributed by atoms with E-state index in [0.29, 0.717) is 34.1 Å². The summed E-state index contributed by atoms with van der Waals surface area (Å²) in [6, 6.07) is 43.0. The molecule has 0 heterocycles. The summed E-state index contributed by atoms with van der Waals surface area (Å²) in [6.07, 6.45) is -1.01. The van der Waals surface area contributed by atoms with Crippen LogP contribution >= 0.6 is 23.2 Å². The Kier molecular flexibility index (Phi) is 14.1. The molecular formula is C48H44Cl2F4O5. The second kappa shape index (κ2) is 19.2. The molecule has 59 heavy (non-hydrogen) atoms. The van der Waals surface area contributed by atoms with Crippen molar-refractivity contribution in [3.63, 3.8) is 0 Å². The van der Waals surface area contributed by atoms with Crippen LogP contribution in [0.4, 0.5) is 17.6 Å². The van der Waals surface area contributed by atoms with Crippen LogP contribution < -0.4 is 18.9 Å². The average molecular weight is 848 g/mol. The lowest BCUT2D eigenvalue weighted by Crippen LogP contribution is -2.47. The van der Waals surface area contributed by atoms with Crippen LogP contribution in [0.15, 0.2) is 146 Å². The highest BCUT2D eigenvalue weighted by Gasteiger charge is 2.42. The summed E-state index contributed by atoms with van der Waals surface area (Å²) in [4.78, 5) is 0. The van der Waals surface area contributed by atoms with Gasteiger partial charge in [0.05, 0.1) is 12.2 Å². The van der Waals surface area contributed by atoms with Gasteiger partial charge in [-0.1, -0.05) is 124 Å². The summed E-state index contributed by atoms with van der Waals surface area (Å²) in [5.41, 5.74) is 0.411. The van der Waals surface area contributed by atoms with Crippen molar-refractivity contribution < 1.29 is 41.2 Å². The maximum Gasteiger partial charge on any atom is 0.387 e. The quantitative estimate of drug-likeness (QED) is 0.0807. The predicted molar refractivity (Wildman–Crippen MR) is 224 cm³/mol. The SMILES string of the molecule is CC(C)(c1ccc(Cl)cc1OC(F)F)C(Cc1cccc(Oc2ccccc2)c1)OC(Cc1cccc(Oc2ccccc2)c1)C(C)(C)c1ccc(Cl)cc1OC(F)F. The van der Waals surface area contributed by atoms with E-state index in [-0.39, 0.29) is 34.4 Å². The highest BCUT2D eigenvalue weighted by Crippen LogP contribution is 2.44. The van der Waals surface area contributed by atoms with E-state index in [2.05, 4.69) is 0 Å². The van der Waals surface area contributed by atoms with Gasteiger partial charge in [0.25, 0.3) is 0 Å². The Labute approximate surface area is 352 Å². The molecule has 0 fully saturated rings. The third-order valence-electron chi connectivity index (χ3n) is 10.2. The topological polar surface area (TPSA) is 46.2 Å². The molecule has 0 saturated heterocycles. The fourth-order valence-corrected chi connectivity index (χ4v) is 7.41. The molecule has 2 atom stereocenters. The van der Waals surface area contributed by atoms with Crippen LogP contribution in [0.2, 0.25) is 10.0 Å². The predicted octanol–water partition coefficient (Wildman–Crippen LogP) is 14.3. The lowest BCUT2D eigenvalue weighted by atomic mass is 9.74. The summed E-state index contributed by atoms with van der Waals surface area (Å²) in [6.45, 7) is 1.30. The molecule has 6 aromatic rings. The molecule has 0 spiro atoms. The van der Waals surface area contributed by atoms with E-state index in [0.717, 1.165) is 11.1 Å². The van der Waals surface area contributed by atoms with E-state index in [1.165, 1.54) is 12.1 Å². The molecule has 0 aliphatic heterocycles. The fraction of sp³-hybridized carbons (Fsp3) is 0.250. The van der Waals surface area contributed by atoms with Crippen molar-refractivity contribution in [2.45, 2.75) is 76.8 Å². The minimum absolute atomic E-state index is 0.0980. The van der Waals surface area contributed by atoms with E-state index < -0.39 is 36.3 Å². The van der Waals surface area contributed by atoms with Gasteiger partial charge in [-0.15, -0.1) is 0 Å². The Hall–Kier alpha value is -5.22. The molecule has 0 amide bonds. The number of hydrogen-bond acceptors (Lipinski definition) is 5. The number of halogens is 6. The summed E-state index contributed by atoms with van der Waals surface area (Å²) < 4.78 is 85.5. The van der Waals surface area contributed by atoms with Crippen molar-refractivity contribution >= 4 is 23.2 Å². The monoisotopic (exact) mass is 846 g/mol. The van der Waals surface area contributed by atoms with Gasteiger partial charge in [0.15, 0.2) is 0 Å². The zero-order chi connectivity index (χ0) is 42.2. The van der Waals surface area contributed by atoms with Crippen LogP contribution in [0.25, 0.3) is 0 Å². The molecule has 2 unspecified atom stereocenters. The first-order chi connectivity index (χ1) is 28.2. The number of rotatable bonds is 18. The average Bonchev–Trinajstić information content (AvgIpc) is 3.18. The maximum absolute atomic E-state index is 13.9. The van der Waals surface area contributed by atoms with E-state index >= 15 is 0 Å². The third kappa shape index (κ3) is 11.5. The maximum atomic E-state index is 13.9. The van der Waals surface area contributed by atoms with Gasteiger partial charge in [-0.25, -0.2) is 0 Å². The second-order valence-electron chi connectivity index (χ2n) is 15.1. The number of para-hydroxylation sites is 2. The van der Waals surface area contributed by atoms with Gasteiger partial charge in [-0.2, -0.15) is 17.6 Å². The normalized spacial score (nSPS) is 12.9. The van der Waals surface area contributed by atoms with Crippen LogP contribution in [0.1, 0.15) is 49.9 Å². The Bertz CT molecular complexity index is 2130. The Morgan fingerprint density at radius 2 is 0.831 bits per heavy atom. The van der Waals surface area contributed by atoms with Crippen molar-refractivity contribution in [1.82, 2.24) is 0 Å². The van der Waals surface area contributed by atoms with Crippen LogP contribution in [0, 0.1) is 0 Å². The number of alkyl halides is 4. The molecule has 11 heteroatoms. The first-order valence-corrected chi connectivity index (χ1v) is 19.7. The molecule has 0 bridgehead atoms. The molecule has 0 radical (unpaired) electrons. The van der Waals surface area contributed by atoms with Gasteiger partial charge in [-0.3, -0.25) is 0 Å². The van der Waals surface area contributed by atoms with Crippen molar-refractivity contribution in [2.24, 2.45) is 0 Å². The summed E-state index contributed by atoms with van der Waals surface area (Å²) in [5, 5.41) is 0.434. The van der Waals surface area contributed by atoms with Gasteiger partial charge < -0.3 is 23.7 Å². The van der Waals surface area contributed by atoms with Crippen molar-refractivity contribution in [3.8, 4) is 34.5 Å². The molecule has 6 rings (SSSR count). The first-order valence-electron chi connectivity index (χ1n) is 19.0. The van der Waals surface area contributed by atoms with E-state index in [9.17, 15) is 17.6 Å². The minimum Gasteiger partial charge on any atom is -0.457 e. The van der Waals surface area contributed by atoms with E-state index in [1.807, 2.05) is 137 Å². The largest absolute Gasteiger partial charge is 0.457 e. The van der Waals surface area contributed by atoms with Crippen molar-refractivity contribution in [3.05, 3.63) is 178 Å². The fourth-order valence-electron chi connectivity index (χ4n) is 7.09. The second-order valence-corrected chi connectivity index (χ2v) is 16.0. The molecule has 0 saturated carbocycles. The lowest BCUT2D eigenvalue weighted by molar-refractivity contribution is -0.0810. The summed E-state index contributed by atoms with van der Waals surface area (Å²) >= 11 is 12.6. The van der Waals surface area contributed by atoms with Gasteiger partial charge >= 0.3 is 13.2 Å². The van der Waals surface area contributed by atoms with Crippen molar-refractivity contribution in [2.75, 3.05) is 0 Å². The van der Waals surface area contributed by atoms with Crippen molar-refractivity contribution in [1.29, 1.82) is 0 Å². The highest BCUT2D eigenvalue weighted by atomic mass is 35.5. The number of ether oxygens (including phenoxy) is 5. The van der Waals surface area contributed by atoms with E-state index in [4.69, 9.17) is 46.9 Å². The van der Waals surface area contributed by atoms with Crippen LogP contribution in [0.5, 0.6) is 34.5 Å². The van der Waals surface area contributed by atoms with Crippen LogP contribution in [-0.4, -0.2) is 25.4 Å². The Morgan fingerprint density at radius 1 is 0.458 bits per heavy atom. The summed E-state index contributed by atoms with van der Waals surface area (Å²) in [7, 11) is 0. The molecular weight excluding hydrogens is 803 g/mol. The van der Waals surface area contributed by atoms with Crippen LogP contribution in [0.3, 0.4) is 0 Å². The molecule has 308 valence electrons. The third-order valence-corrected chi connectivity index (χ3v) is 10.7. The molecule has 5 nitrogen and oxygen atoms in total. The Morgan fingerprint density at radius 3 is 1.20 bits per heavy atom. The van der Waals surface area contributed by atoms with Crippen LogP contribution in [-0.2, 0) is 28.4 Å².